The van der Waals surface area contributed by atoms with Crippen LogP contribution in [0.5, 0.6) is 0 Å². The van der Waals surface area contributed by atoms with Crippen molar-refractivity contribution in [1.29, 1.82) is 0 Å². The second-order valence-corrected chi connectivity index (χ2v) is 9.39. The van der Waals surface area contributed by atoms with E-state index in [0.717, 1.165) is 45.8 Å². The summed E-state index contributed by atoms with van der Waals surface area (Å²) in [6.07, 6.45) is 0. The third kappa shape index (κ3) is 4.11. The van der Waals surface area contributed by atoms with Gasteiger partial charge in [0.15, 0.2) is 0 Å². The Bertz CT molecular complexity index is 951. The number of piperazine rings is 1. The highest BCUT2D eigenvalue weighted by atomic mass is 32.1. The second kappa shape index (κ2) is 8.31. The molecule has 1 atom stereocenters. The summed E-state index contributed by atoms with van der Waals surface area (Å²) in [5, 5.41) is 2.23. The maximum absolute atomic E-state index is 2.68. The quantitative estimate of drug-likeness (QED) is 0.622. The Kier molecular flexibility index (Phi) is 5.40. The molecule has 0 spiro atoms. The van der Waals surface area contributed by atoms with Gasteiger partial charge in [0, 0.05) is 56.4 Å². The van der Waals surface area contributed by atoms with Gasteiger partial charge >= 0.3 is 0 Å². The molecular weight excluding hydrogens is 374 g/mol. The van der Waals surface area contributed by atoms with Gasteiger partial charge in [-0.15, -0.1) is 11.3 Å². The highest BCUT2D eigenvalue weighted by Crippen LogP contribution is 2.31. The minimum atomic E-state index is 0.538. The largest absolute Gasteiger partial charge is 0.364 e. The fourth-order valence-electron chi connectivity index (χ4n) is 4.80. The molecule has 1 fully saturated rings. The average Bonchev–Trinajstić information content (AvgIpc) is 3.06. The maximum atomic E-state index is 2.68. The predicted octanol–water partition coefficient (Wildman–Crippen LogP) is 4.76. The molecule has 2 aliphatic rings. The minimum Gasteiger partial charge on any atom is -0.364 e. The van der Waals surface area contributed by atoms with E-state index in [0.29, 0.717) is 6.04 Å². The van der Waals surface area contributed by atoms with Crippen molar-refractivity contribution in [1.82, 2.24) is 9.80 Å². The third-order valence-electron chi connectivity index (χ3n) is 6.32. The molecule has 5 rings (SSSR count). The molecule has 1 unspecified atom stereocenters. The topological polar surface area (TPSA) is 9.72 Å². The molecule has 0 saturated carbocycles. The van der Waals surface area contributed by atoms with Gasteiger partial charge in [0.25, 0.3) is 0 Å². The summed E-state index contributed by atoms with van der Waals surface area (Å²) in [4.78, 5) is 9.48. The van der Waals surface area contributed by atoms with E-state index in [2.05, 4.69) is 87.7 Å². The van der Waals surface area contributed by atoms with Crippen molar-refractivity contribution in [3.05, 3.63) is 87.6 Å². The fourth-order valence-corrected chi connectivity index (χ4v) is 5.74. The molecule has 1 saturated heterocycles. The van der Waals surface area contributed by atoms with E-state index in [1.54, 1.807) is 0 Å². The van der Waals surface area contributed by atoms with Crippen molar-refractivity contribution in [3.63, 3.8) is 0 Å². The van der Waals surface area contributed by atoms with Gasteiger partial charge in [-0.3, -0.25) is 9.80 Å². The average molecular weight is 404 g/mol. The number of rotatable bonds is 4. The Balaban J connectivity index is 1.38. The number of aryl methyl sites for hydroxylation is 1. The highest BCUT2D eigenvalue weighted by Gasteiger charge is 2.32. The lowest BCUT2D eigenvalue weighted by Crippen LogP contribution is -2.55. The Labute approximate surface area is 178 Å². The molecule has 1 aromatic heterocycles. The van der Waals surface area contributed by atoms with Gasteiger partial charge in [0.05, 0.1) is 6.04 Å². The molecule has 0 aliphatic carbocycles. The molecule has 3 heterocycles. The molecule has 2 aliphatic heterocycles. The monoisotopic (exact) mass is 403 g/mol. The minimum absolute atomic E-state index is 0.538. The van der Waals surface area contributed by atoms with Gasteiger partial charge in [-0.05, 0) is 41.1 Å². The van der Waals surface area contributed by atoms with Crippen LogP contribution >= 0.6 is 11.3 Å². The Morgan fingerprint density at radius 2 is 1.66 bits per heavy atom. The van der Waals surface area contributed by atoms with Crippen LogP contribution in [-0.4, -0.2) is 42.0 Å². The summed E-state index contributed by atoms with van der Waals surface area (Å²) < 4.78 is 0. The van der Waals surface area contributed by atoms with Crippen molar-refractivity contribution >= 4 is 17.0 Å². The van der Waals surface area contributed by atoms with E-state index in [1.807, 2.05) is 11.3 Å². The van der Waals surface area contributed by atoms with Crippen LogP contribution in [0.1, 0.15) is 21.6 Å². The van der Waals surface area contributed by atoms with Crippen LogP contribution < -0.4 is 4.90 Å². The molecule has 150 valence electrons. The van der Waals surface area contributed by atoms with Crippen molar-refractivity contribution in [2.24, 2.45) is 0 Å². The normalized spacial score (nSPS) is 20.2. The molecule has 0 N–H and O–H groups in total. The summed E-state index contributed by atoms with van der Waals surface area (Å²) in [5.41, 5.74) is 5.77. The van der Waals surface area contributed by atoms with Crippen LogP contribution in [0.15, 0.2) is 66.0 Å². The summed E-state index contributed by atoms with van der Waals surface area (Å²) in [6.45, 7) is 9.88. The van der Waals surface area contributed by atoms with Crippen LogP contribution in [-0.2, 0) is 19.6 Å². The number of para-hydroxylation sites is 1. The van der Waals surface area contributed by atoms with Crippen molar-refractivity contribution in [2.45, 2.75) is 32.6 Å². The lowest BCUT2D eigenvalue weighted by Gasteiger charge is -2.43. The number of thiophene rings is 1. The Hall–Kier alpha value is -2.14. The molecule has 0 amide bonds. The SMILES string of the molecule is Cc1ccsc1CN1Cc2ccccc2N2CCN(Cc3ccccc3)CC2C1. The lowest BCUT2D eigenvalue weighted by atomic mass is 10.1. The number of hydrogen-bond acceptors (Lipinski definition) is 4. The Morgan fingerprint density at radius 1 is 0.862 bits per heavy atom. The van der Waals surface area contributed by atoms with Crippen molar-refractivity contribution < 1.29 is 0 Å². The number of anilines is 1. The number of nitrogens with zero attached hydrogens (tertiary/aromatic N) is 3. The molecular formula is C25H29N3S. The first kappa shape index (κ1) is 18.9. The van der Waals surface area contributed by atoms with Gasteiger partial charge in [-0.25, -0.2) is 0 Å². The molecule has 0 radical (unpaired) electrons. The van der Waals surface area contributed by atoms with Gasteiger partial charge in [0.2, 0.25) is 0 Å². The van der Waals surface area contributed by atoms with Crippen LogP contribution in [0.3, 0.4) is 0 Å². The van der Waals surface area contributed by atoms with Gasteiger partial charge in [0.1, 0.15) is 0 Å². The van der Waals surface area contributed by atoms with E-state index in [-0.39, 0.29) is 0 Å². The van der Waals surface area contributed by atoms with E-state index < -0.39 is 0 Å². The van der Waals surface area contributed by atoms with E-state index in [9.17, 15) is 0 Å². The van der Waals surface area contributed by atoms with Crippen LogP contribution in [0.4, 0.5) is 5.69 Å². The zero-order valence-corrected chi connectivity index (χ0v) is 17.9. The first-order valence-corrected chi connectivity index (χ1v) is 11.5. The zero-order chi connectivity index (χ0) is 19.6. The van der Waals surface area contributed by atoms with Gasteiger partial charge in [-0.1, -0.05) is 48.5 Å². The number of benzene rings is 2. The maximum Gasteiger partial charge on any atom is 0.0545 e. The summed E-state index contributed by atoms with van der Waals surface area (Å²) in [6, 6.07) is 22.7. The molecule has 0 bridgehead atoms. The second-order valence-electron chi connectivity index (χ2n) is 8.39. The van der Waals surface area contributed by atoms with Crippen molar-refractivity contribution in [2.75, 3.05) is 31.1 Å². The first-order valence-electron chi connectivity index (χ1n) is 10.6. The fraction of sp³-hybridized carbons (Fsp3) is 0.360. The van der Waals surface area contributed by atoms with Crippen LogP contribution in [0, 0.1) is 6.92 Å². The molecule has 2 aromatic carbocycles. The smallest absolute Gasteiger partial charge is 0.0545 e. The van der Waals surface area contributed by atoms with Crippen LogP contribution in [0.25, 0.3) is 0 Å². The number of fused-ring (bicyclic) bond motifs is 3. The zero-order valence-electron chi connectivity index (χ0n) is 17.1. The summed E-state index contributed by atoms with van der Waals surface area (Å²) >= 11 is 1.90. The van der Waals surface area contributed by atoms with Crippen molar-refractivity contribution in [3.8, 4) is 0 Å². The molecule has 3 aromatic rings. The number of hydrogen-bond donors (Lipinski definition) is 0. The summed E-state index contributed by atoms with van der Waals surface area (Å²) in [5.74, 6) is 0. The predicted molar refractivity (Wildman–Crippen MR) is 122 cm³/mol. The van der Waals surface area contributed by atoms with Gasteiger partial charge < -0.3 is 4.90 Å². The summed E-state index contributed by atoms with van der Waals surface area (Å²) in [7, 11) is 0. The van der Waals surface area contributed by atoms with Crippen LogP contribution in [0.2, 0.25) is 0 Å². The highest BCUT2D eigenvalue weighted by molar-refractivity contribution is 7.10. The first-order chi connectivity index (χ1) is 14.3. The molecule has 3 nitrogen and oxygen atoms in total. The van der Waals surface area contributed by atoms with E-state index >= 15 is 0 Å². The van der Waals surface area contributed by atoms with E-state index in [4.69, 9.17) is 0 Å². The van der Waals surface area contributed by atoms with E-state index in [1.165, 1.54) is 27.3 Å². The Morgan fingerprint density at radius 3 is 2.48 bits per heavy atom. The molecule has 4 heteroatoms. The third-order valence-corrected chi connectivity index (χ3v) is 7.32. The lowest BCUT2D eigenvalue weighted by molar-refractivity contribution is 0.173. The van der Waals surface area contributed by atoms with Gasteiger partial charge in [-0.2, -0.15) is 0 Å². The standard InChI is InChI=1S/C25H29N3S/c1-20-11-14-29-25(20)19-27-16-22-9-5-6-10-24(22)28-13-12-26(17-23(28)18-27)15-21-7-3-2-4-8-21/h2-11,14,23H,12-13,15-19H2,1H3. The molecule has 29 heavy (non-hydrogen) atoms.